The van der Waals surface area contributed by atoms with Gasteiger partial charge < -0.3 is 9.47 Å². The molecule has 0 radical (unpaired) electrons. The van der Waals surface area contributed by atoms with E-state index in [1.54, 1.807) is 6.08 Å². The molecule has 1 aromatic carbocycles. The Balaban J connectivity index is 2.21. The Morgan fingerprint density at radius 1 is 1.21 bits per heavy atom. The minimum absolute atomic E-state index is 0.439. The van der Waals surface area contributed by atoms with E-state index in [4.69, 9.17) is 9.47 Å². The fourth-order valence-corrected chi connectivity index (χ4v) is 2.85. The van der Waals surface area contributed by atoms with E-state index >= 15 is 0 Å². The van der Waals surface area contributed by atoms with Crippen molar-refractivity contribution in [2.24, 2.45) is 4.99 Å². The molecule has 1 heterocycles. The number of isocyanates is 1. The Kier molecular flexibility index (Phi) is 2.83. The number of ether oxygens (including phenoxy) is 2. The van der Waals surface area contributed by atoms with Crippen molar-refractivity contribution in [2.45, 2.75) is 38.6 Å². The molecule has 0 bridgehead atoms. The maximum atomic E-state index is 10.7. The maximum Gasteiger partial charge on any atom is 0.235 e. The molecule has 0 N–H and O–H groups in total. The summed E-state index contributed by atoms with van der Waals surface area (Å²) >= 11 is 0. The third kappa shape index (κ3) is 1.75. The third-order valence-electron chi connectivity index (χ3n) is 4.26. The van der Waals surface area contributed by atoms with E-state index in [-0.39, 0.29) is 0 Å². The first-order valence-electron chi connectivity index (χ1n) is 6.67. The molecule has 1 saturated carbocycles. The molecule has 1 aromatic rings. The zero-order valence-electron chi connectivity index (χ0n) is 11.3. The van der Waals surface area contributed by atoms with Gasteiger partial charge in [0, 0.05) is 5.56 Å². The second-order valence-corrected chi connectivity index (χ2v) is 5.31. The third-order valence-corrected chi connectivity index (χ3v) is 4.26. The topological polar surface area (TPSA) is 47.9 Å². The van der Waals surface area contributed by atoms with Crippen molar-refractivity contribution in [1.29, 1.82) is 0 Å². The Labute approximate surface area is 112 Å². The summed E-state index contributed by atoms with van der Waals surface area (Å²) in [5.74, 6) is 1.58. The lowest BCUT2D eigenvalue weighted by molar-refractivity contribution is 0.159. The van der Waals surface area contributed by atoms with Crippen molar-refractivity contribution >= 4 is 6.08 Å². The van der Waals surface area contributed by atoms with E-state index < -0.39 is 5.54 Å². The van der Waals surface area contributed by atoms with E-state index in [9.17, 15) is 4.79 Å². The summed E-state index contributed by atoms with van der Waals surface area (Å²) in [6.45, 7) is 5.20. The van der Waals surface area contributed by atoms with E-state index in [2.05, 4.69) is 11.1 Å². The van der Waals surface area contributed by atoms with Crippen LogP contribution in [-0.2, 0) is 10.3 Å². The number of hydrogen-bond donors (Lipinski definition) is 0. The summed E-state index contributed by atoms with van der Waals surface area (Å²) in [5, 5.41) is 0. The van der Waals surface area contributed by atoms with Crippen molar-refractivity contribution in [1.82, 2.24) is 0 Å². The largest absolute Gasteiger partial charge is 0.486 e. The highest BCUT2D eigenvalue weighted by Crippen LogP contribution is 2.52. The molecule has 4 heteroatoms. The molecule has 0 spiro atoms. The van der Waals surface area contributed by atoms with E-state index in [1.165, 1.54) is 0 Å². The van der Waals surface area contributed by atoms with Crippen LogP contribution in [-0.4, -0.2) is 19.3 Å². The zero-order valence-corrected chi connectivity index (χ0v) is 11.3. The molecule has 3 rings (SSSR count). The van der Waals surface area contributed by atoms with Crippen molar-refractivity contribution in [3.05, 3.63) is 22.8 Å². The molecule has 2 aliphatic rings. The summed E-state index contributed by atoms with van der Waals surface area (Å²) in [6, 6.07) is 2.09. The highest BCUT2D eigenvalue weighted by molar-refractivity contribution is 5.59. The molecule has 1 aliphatic carbocycles. The van der Waals surface area contributed by atoms with Gasteiger partial charge in [-0.25, -0.2) is 4.79 Å². The number of rotatable bonds is 2. The normalized spacial score (nSPS) is 19.3. The summed E-state index contributed by atoms with van der Waals surface area (Å²) in [5.41, 5.74) is 2.79. The highest BCUT2D eigenvalue weighted by atomic mass is 16.6. The molecule has 4 nitrogen and oxygen atoms in total. The summed E-state index contributed by atoms with van der Waals surface area (Å²) < 4.78 is 11.6. The van der Waals surface area contributed by atoms with Crippen LogP contribution in [0.1, 0.15) is 36.0 Å². The van der Waals surface area contributed by atoms with Gasteiger partial charge in [-0.15, -0.1) is 0 Å². The molecular formula is C15H17NO3. The van der Waals surface area contributed by atoms with E-state index in [0.717, 1.165) is 47.5 Å². The van der Waals surface area contributed by atoms with Gasteiger partial charge >= 0.3 is 0 Å². The fourth-order valence-electron chi connectivity index (χ4n) is 2.85. The van der Waals surface area contributed by atoms with Gasteiger partial charge in [0.15, 0.2) is 11.5 Å². The average molecular weight is 259 g/mol. The first kappa shape index (κ1) is 12.2. The summed E-state index contributed by atoms with van der Waals surface area (Å²) in [6.07, 6.45) is 4.56. The van der Waals surface area contributed by atoms with Crippen LogP contribution >= 0.6 is 0 Å². The van der Waals surface area contributed by atoms with Gasteiger partial charge in [-0.3, -0.25) is 0 Å². The SMILES string of the molecule is Cc1cc(C2(N=C=O)CCC2)c2c(c1C)OCCO2. The second kappa shape index (κ2) is 4.39. The minimum atomic E-state index is -0.439. The molecule has 0 aromatic heterocycles. The molecule has 0 unspecified atom stereocenters. The number of carbonyl (C=O) groups excluding carboxylic acids is 1. The van der Waals surface area contributed by atoms with Crippen LogP contribution in [0.5, 0.6) is 11.5 Å². The van der Waals surface area contributed by atoms with Gasteiger partial charge in [0.25, 0.3) is 0 Å². The van der Waals surface area contributed by atoms with Crippen LogP contribution in [0, 0.1) is 13.8 Å². The number of nitrogens with zero attached hydrogens (tertiary/aromatic N) is 1. The number of fused-ring (bicyclic) bond motifs is 1. The molecule has 0 atom stereocenters. The molecular weight excluding hydrogens is 242 g/mol. The van der Waals surface area contributed by atoms with Gasteiger partial charge in [-0.1, -0.05) is 0 Å². The maximum absolute atomic E-state index is 10.7. The summed E-state index contributed by atoms with van der Waals surface area (Å²) in [7, 11) is 0. The van der Waals surface area contributed by atoms with Crippen LogP contribution in [0.2, 0.25) is 0 Å². The molecule has 100 valence electrons. The molecule has 0 amide bonds. The van der Waals surface area contributed by atoms with Gasteiger partial charge in [0.05, 0.1) is 0 Å². The standard InChI is InChI=1S/C15H17NO3/c1-10-8-12(15(16-9-17)4-3-5-15)14-13(11(10)2)18-6-7-19-14/h8H,3-7H2,1-2H3. The Hall–Kier alpha value is -1.80. The van der Waals surface area contributed by atoms with Gasteiger partial charge in [0.1, 0.15) is 18.8 Å². The number of hydrogen-bond acceptors (Lipinski definition) is 4. The van der Waals surface area contributed by atoms with E-state index in [0.29, 0.717) is 13.2 Å². The zero-order chi connectivity index (χ0) is 13.5. The lowest BCUT2D eigenvalue weighted by Gasteiger charge is -2.39. The average Bonchev–Trinajstić information content (AvgIpc) is 2.39. The van der Waals surface area contributed by atoms with Crippen molar-refractivity contribution in [2.75, 3.05) is 13.2 Å². The quantitative estimate of drug-likeness (QED) is 0.606. The lowest BCUT2D eigenvalue weighted by Crippen LogP contribution is -2.33. The van der Waals surface area contributed by atoms with Crippen LogP contribution in [0.4, 0.5) is 0 Å². The molecule has 1 aliphatic heterocycles. The Morgan fingerprint density at radius 2 is 1.89 bits per heavy atom. The van der Waals surface area contributed by atoms with Gasteiger partial charge in [-0.05, 0) is 50.3 Å². The summed E-state index contributed by atoms with van der Waals surface area (Å²) in [4.78, 5) is 14.8. The monoisotopic (exact) mass is 259 g/mol. The number of aryl methyl sites for hydroxylation is 1. The Morgan fingerprint density at radius 3 is 2.47 bits per heavy atom. The van der Waals surface area contributed by atoms with Crippen LogP contribution in [0.25, 0.3) is 0 Å². The van der Waals surface area contributed by atoms with Crippen LogP contribution < -0.4 is 9.47 Å². The second-order valence-electron chi connectivity index (χ2n) is 5.31. The van der Waals surface area contributed by atoms with Gasteiger partial charge in [0.2, 0.25) is 6.08 Å². The predicted octanol–water partition coefficient (Wildman–Crippen LogP) is 2.79. The number of benzene rings is 1. The van der Waals surface area contributed by atoms with Crippen molar-refractivity contribution in [3.63, 3.8) is 0 Å². The first-order chi connectivity index (χ1) is 9.18. The highest BCUT2D eigenvalue weighted by Gasteiger charge is 2.43. The van der Waals surface area contributed by atoms with Gasteiger partial charge in [-0.2, -0.15) is 4.99 Å². The molecule has 0 saturated heterocycles. The van der Waals surface area contributed by atoms with Crippen LogP contribution in [0.15, 0.2) is 11.1 Å². The Bertz CT molecular complexity index is 569. The van der Waals surface area contributed by atoms with Crippen molar-refractivity contribution < 1.29 is 14.3 Å². The smallest absolute Gasteiger partial charge is 0.235 e. The first-order valence-corrected chi connectivity index (χ1v) is 6.67. The predicted molar refractivity (Wildman–Crippen MR) is 70.6 cm³/mol. The number of aliphatic imine (C=N–C) groups is 1. The molecule has 1 fully saturated rings. The molecule has 19 heavy (non-hydrogen) atoms. The fraction of sp³-hybridized carbons (Fsp3) is 0.533. The minimum Gasteiger partial charge on any atom is -0.486 e. The van der Waals surface area contributed by atoms with Crippen molar-refractivity contribution in [3.8, 4) is 11.5 Å². The lowest BCUT2D eigenvalue weighted by atomic mass is 9.71. The van der Waals surface area contributed by atoms with E-state index in [1.807, 2.05) is 13.8 Å². The van der Waals surface area contributed by atoms with Crippen LogP contribution in [0.3, 0.4) is 0 Å².